The number of hydrogen-bond donors (Lipinski definition) is 0. The number of rotatable bonds is 1. The summed E-state index contributed by atoms with van der Waals surface area (Å²) >= 11 is 6.00. The zero-order valence-electron chi connectivity index (χ0n) is 8.00. The van der Waals surface area contributed by atoms with Crippen molar-refractivity contribution in [1.29, 1.82) is 0 Å². The fourth-order valence-electron chi connectivity index (χ4n) is 1.39. The van der Waals surface area contributed by atoms with Crippen molar-refractivity contribution in [2.75, 3.05) is 11.5 Å². The van der Waals surface area contributed by atoms with E-state index in [0.29, 0.717) is 10.7 Å². The zero-order valence-corrected chi connectivity index (χ0v) is 9.57. The monoisotopic (exact) mass is 229 g/mol. The van der Waals surface area contributed by atoms with Gasteiger partial charge in [-0.25, -0.2) is 4.21 Å². The molecule has 0 unspecified atom stereocenters. The second-order valence-corrected chi connectivity index (χ2v) is 6.48. The van der Waals surface area contributed by atoms with Gasteiger partial charge in [-0.3, -0.25) is 0 Å². The Morgan fingerprint density at radius 2 is 2.14 bits per heavy atom. The Kier molecular flexibility index (Phi) is 2.54. The molecule has 0 spiro atoms. The molecule has 1 aromatic rings. The molecule has 0 atom stereocenters. The van der Waals surface area contributed by atoms with Gasteiger partial charge in [0.15, 0.2) is 0 Å². The highest BCUT2D eigenvalue weighted by Gasteiger charge is 2.20. The van der Waals surface area contributed by atoms with Gasteiger partial charge in [-0.1, -0.05) is 23.7 Å². The molecule has 0 bridgehead atoms. The van der Waals surface area contributed by atoms with E-state index in [9.17, 15) is 4.21 Å². The minimum absolute atomic E-state index is 0.597. The predicted octanol–water partition coefficient (Wildman–Crippen LogP) is 3.15. The lowest BCUT2D eigenvalue weighted by atomic mass is 10.2. The fourth-order valence-corrected chi connectivity index (χ4v) is 3.24. The predicted molar refractivity (Wildman–Crippen MR) is 60.8 cm³/mol. The molecular weight excluding hydrogens is 218 g/mol. The van der Waals surface area contributed by atoms with E-state index in [0.717, 1.165) is 23.5 Å². The Morgan fingerprint density at radius 3 is 2.64 bits per heavy atom. The first-order chi connectivity index (χ1) is 6.61. The molecule has 76 valence electrons. The van der Waals surface area contributed by atoms with Crippen molar-refractivity contribution in [3.8, 4) is 0 Å². The number of nitrogens with zero attached hydrogens (tertiary/aromatic N) is 1. The van der Waals surface area contributed by atoms with Gasteiger partial charge in [-0.05, 0) is 25.0 Å². The Balaban J connectivity index is 2.52. The van der Waals surface area contributed by atoms with Gasteiger partial charge in [-0.2, -0.15) is 4.36 Å². The average Bonchev–Trinajstić information content (AvgIpc) is 2.09. The number of halogens is 1. The van der Waals surface area contributed by atoms with Crippen LogP contribution in [0.25, 0.3) is 0 Å². The number of hydrogen-bond acceptors (Lipinski definition) is 2. The minimum Gasteiger partial charge on any atom is -0.249 e. The number of aryl methyl sites for hydroxylation is 1. The molecule has 2 nitrogen and oxygen atoms in total. The van der Waals surface area contributed by atoms with Crippen LogP contribution in [-0.4, -0.2) is 15.7 Å². The minimum atomic E-state index is -1.95. The molecule has 14 heavy (non-hydrogen) atoms. The molecule has 0 radical (unpaired) electrons. The number of benzene rings is 1. The lowest BCUT2D eigenvalue weighted by molar-refractivity contribution is 0.663. The van der Waals surface area contributed by atoms with Crippen LogP contribution in [0.5, 0.6) is 0 Å². The summed E-state index contributed by atoms with van der Waals surface area (Å²) in [5, 5.41) is 0.597. The Hall–Kier alpha value is -0.540. The Bertz CT molecular complexity index is 445. The molecule has 0 aliphatic carbocycles. The summed E-state index contributed by atoms with van der Waals surface area (Å²) in [7, 11) is -1.95. The third-order valence-electron chi connectivity index (χ3n) is 2.37. The van der Waals surface area contributed by atoms with Crippen LogP contribution in [-0.2, 0) is 9.73 Å². The molecule has 4 heteroatoms. The zero-order chi connectivity index (χ0) is 10.2. The highest BCUT2D eigenvalue weighted by atomic mass is 35.5. The van der Waals surface area contributed by atoms with E-state index in [1.54, 1.807) is 6.07 Å². The van der Waals surface area contributed by atoms with Crippen LogP contribution in [0, 0.1) is 6.92 Å². The van der Waals surface area contributed by atoms with Gasteiger partial charge in [0.1, 0.15) is 0 Å². The van der Waals surface area contributed by atoms with Gasteiger partial charge >= 0.3 is 0 Å². The fraction of sp³-hybridized carbons (Fsp3) is 0.400. The van der Waals surface area contributed by atoms with E-state index < -0.39 is 9.73 Å². The summed E-state index contributed by atoms with van der Waals surface area (Å²) in [6.07, 6.45) is 1.02. The van der Waals surface area contributed by atoms with Gasteiger partial charge in [0, 0.05) is 11.5 Å². The highest BCUT2D eigenvalue weighted by Crippen LogP contribution is 2.31. The lowest BCUT2D eigenvalue weighted by Crippen LogP contribution is -2.23. The topological polar surface area (TPSA) is 29.4 Å². The molecule has 1 heterocycles. The summed E-state index contributed by atoms with van der Waals surface area (Å²) in [5.41, 5.74) is 1.70. The van der Waals surface area contributed by atoms with Gasteiger partial charge in [0.2, 0.25) is 0 Å². The summed E-state index contributed by atoms with van der Waals surface area (Å²) in [6, 6.07) is 5.60. The first kappa shape index (κ1) is 9.99. The largest absolute Gasteiger partial charge is 0.249 e. The standard InChI is InChI=1S/C10H12ClNOS/c1-8-4-2-5-9(11)10(8)12-14(13)6-3-7-14/h2,4-5H,3,6-7H2,1H3. The summed E-state index contributed by atoms with van der Waals surface area (Å²) in [4.78, 5) is 0. The maximum absolute atomic E-state index is 11.9. The van der Waals surface area contributed by atoms with Crippen molar-refractivity contribution in [3.05, 3.63) is 28.8 Å². The Morgan fingerprint density at radius 1 is 1.43 bits per heavy atom. The normalized spacial score (nSPS) is 18.7. The molecule has 0 amide bonds. The first-order valence-electron chi connectivity index (χ1n) is 4.58. The maximum atomic E-state index is 11.9. The van der Waals surface area contributed by atoms with E-state index in [1.807, 2.05) is 19.1 Å². The molecule has 0 N–H and O–H groups in total. The van der Waals surface area contributed by atoms with Crippen molar-refractivity contribution in [2.45, 2.75) is 13.3 Å². The molecule has 1 aliphatic heterocycles. The van der Waals surface area contributed by atoms with Crippen LogP contribution >= 0.6 is 11.6 Å². The summed E-state index contributed by atoms with van der Waals surface area (Å²) < 4.78 is 16.2. The molecule has 2 rings (SSSR count). The van der Waals surface area contributed by atoms with Gasteiger partial charge in [-0.15, -0.1) is 0 Å². The third-order valence-corrected chi connectivity index (χ3v) is 5.05. The van der Waals surface area contributed by atoms with Crippen molar-refractivity contribution in [2.24, 2.45) is 4.36 Å². The van der Waals surface area contributed by atoms with Gasteiger partial charge in [0.25, 0.3) is 0 Å². The quantitative estimate of drug-likeness (QED) is 0.728. The van der Waals surface area contributed by atoms with E-state index in [1.165, 1.54) is 0 Å². The lowest BCUT2D eigenvalue weighted by Gasteiger charge is -2.18. The van der Waals surface area contributed by atoms with Crippen LogP contribution in [0.3, 0.4) is 0 Å². The van der Waals surface area contributed by atoms with E-state index in [2.05, 4.69) is 4.36 Å². The van der Waals surface area contributed by atoms with Crippen LogP contribution < -0.4 is 0 Å². The van der Waals surface area contributed by atoms with Crippen LogP contribution in [0.2, 0.25) is 5.02 Å². The molecular formula is C10H12ClNOS. The molecule has 0 saturated carbocycles. The second kappa shape index (κ2) is 3.55. The van der Waals surface area contributed by atoms with Crippen LogP contribution in [0.4, 0.5) is 5.69 Å². The molecule has 1 aromatic carbocycles. The molecule has 1 saturated heterocycles. The summed E-state index contributed by atoms with van der Waals surface area (Å²) in [5.74, 6) is 1.44. The highest BCUT2D eigenvalue weighted by molar-refractivity contribution is 7.95. The van der Waals surface area contributed by atoms with Crippen LogP contribution in [0.1, 0.15) is 12.0 Å². The average molecular weight is 230 g/mol. The van der Waals surface area contributed by atoms with E-state index in [-0.39, 0.29) is 0 Å². The van der Waals surface area contributed by atoms with E-state index >= 15 is 0 Å². The maximum Gasteiger partial charge on any atom is 0.0945 e. The van der Waals surface area contributed by atoms with Crippen molar-refractivity contribution < 1.29 is 4.21 Å². The first-order valence-corrected chi connectivity index (χ1v) is 6.81. The van der Waals surface area contributed by atoms with Crippen molar-refractivity contribution >= 4 is 27.0 Å². The second-order valence-electron chi connectivity index (χ2n) is 3.53. The van der Waals surface area contributed by atoms with Crippen molar-refractivity contribution in [3.63, 3.8) is 0 Å². The smallest absolute Gasteiger partial charge is 0.0945 e. The SMILES string of the molecule is Cc1cccc(Cl)c1N=S1(=O)CCC1. The molecule has 0 aromatic heterocycles. The molecule has 1 fully saturated rings. The van der Waals surface area contributed by atoms with Crippen LogP contribution in [0.15, 0.2) is 22.6 Å². The van der Waals surface area contributed by atoms with Gasteiger partial charge in [0.05, 0.1) is 20.4 Å². The molecule has 1 aliphatic rings. The van der Waals surface area contributed by atoms with Crippen molar-refractivity contribution in [1.82, 2.24) is 0 Å². The Labute approximate surface area is 89.5 Å². The summed E-state index contributed by atoms with van der Waals surface area (Å²) in [6.45, 7) is 1.94. The van der Waals surface area contributed by atoms with Gasteiger partial charge < -0.3 is 0 Å². The third kappa shape index (κ3) is 1.79. The van der Waals surface area contributed by atoms with E-state index in [4.69, 9.17) is 11.6 Å².